The predicted molar refractivity (Wildman–Crippen MR) is 78.5 cm³/mol. The average Bonchev–Trinajstić information content (AvgIpc) is 2.39. The first-order valence-electron chi connectivity index (χ1n) is 6.75. The zero-order valence-electron chi connectivity index (χ0n) is 12.6. The van der Waals surface area contributed by atoms with E-state index in [0.29, 0.717) is 6.61 Å². The lowest BCUT2D eigenvalue weighted by Gasteiger charge is -2.24. The van der Waals surface area contributed by atoms with Crippen LogP contribution in [0.25, 0.3) is 0 Å². The fraction of sp³-hybridized carbons (Fsp3) is 0.562. The van der Waals surface area contributed by atoms with E-state index in [9.17, 15) is 0 Å². The largest absolute Gasteiger partial charge is 0.491 e. The van der Waals surface area contributed by atoms with Gasteiger partial charge in [0.2, 0.25) is 0 Å². The predicted octanol–water partition coefficient (Wildman–Crippen LogP) is 3.04. The number of likely N-dealkylation sites (N-methyl/N-ethyl adjacent to an activating group) is 1. The highest BCUT2D eigenvalue weighted by molar-refractivity contribution is 5.41. The van der Waals surface area contributed by atoms with Crippen molar-refractivity contribution in [3.05, 3.63) is 29.3 Å². The van der Waals surface area contributed by atoms with Gasteiger partial charge in [-0.1, -0.05) is 39.8 Å². The molecular weight excluding hydrogens is 236 g/mol. The molecule has 104 valence electrons. The Labute approximate surface area is 116 Å². The van der Waals surface area contributed by atoms with E-state index in [4.69, 9.17) is 10.00 Å². The van der Waals surface area contributed by atoms with Crippen molar-refractivity contribution in [3.63, 3.8) is 0 Å². The van der Waals surface area contributed by atoms with E-state index in [1.165, 1.54) is 11.1 Å². The molecule has 0 spiro atoms. The van der Waals surface area contributed by atoms with Gasteiger partial charge in [-0.2, -0.15) is 5.26 Å². The van der Waals surface area contributed by atoms with Crippen LogP contribution in [0.1, 0.15) is 38.8 Å². The molecule has 0 bridgehead atoms. The fourth-order valence-electron chi connectivity index (χ4n) is 1.87. The van der Waals surface area contributed by atoms with Gasteiger partial charge in [0.15, 0.2) is 0 Å². The van der Waals surface area contributed by atoms with Gasteiger partial charge in [-0.3, -0.25) is 0 Å². The van der Waals surface area contributed by atoms with E-state index >= 15 is 0 Å². The number of ether oxygens (including phenoxy) is 1. The summed E-state index contributed by atoms with van der Waals surface area (Å²) in [6, 6.07) is 8.20. The maximum Gasteiger partial charge on any atom is 0.129 e. The number of hydrogen-bond donors (Lipinski definition) is 1. The minimum atomic E-state index is -0.279. The summed E-state index contributed by atoms with van der Waals surface area (Å²) in [5.74, 6) is 0.875. The van der Waals surface area contributed by atoms with Crippen molar-refractivity contribution in [2.24, 2.45) is 0 Å². The molecule has 3 heteroatoms. The number of nitrogens with one attached hydrogen (secondary N) is 1. The lowest BCUT2D eigenvalue weighted by atomic mass is 9.85. The molecule has 19 heavy (non-hydrogen) atoms. The molecule has 1 rings (SSSR count). The Morgan fingerprint density at radius 2 is 2.05 bits per heavy atom. The third kappa shape index (κ3) is 4.25. The van der Waals surface area contributed by atoms with Crippen molar-refractivity contribution in [2.45, 2.75) is 45.6 Å². The van der Waals surface area contributed by atoms with Crippen molar-refractivity contribution in [3.8, 4) is 11.8 Å². The lowest BCUT2D eigenvalue weighted by Crippen LogP contribution is -2.30. The Morgan fingerprint density at radius 3 is 2.53 bits per heavy atom. The summed E-state index contributed by atoms with van der Waals surface area (Å²) in [7, 11) is 1.77. The van der Waals surface area contributed by atoms with Gasteiger partial charge >= 0.3 is 0 Å². The third-order valence-electron chi connectivity index (χ3n) is 3.17. The molecular formula is C16H24N2O. The first kappa shape index (κ1) is 15.5. The van der Waals surface area contributed by atoms with E-state index < -0.39 is 0 Å². The van der Waals surface area contributed by atoms with E-state index in [1.807, 2.05) is 6.07 Å². The minimum Gasteiger partial charge on any atom is -0.491 e. The Balaban J connectivity index is 2.97. The standard InChI is InChI=1S/C16H24N2O/c1-6-12-7-8-15(14(9-12)16(2,3)4)19-11-13(10-17)18-5/h7-9,13,18H,6,11H2,1-5H3. The highest BCUT2D eigenvalue weighted by Crippen LogP contribution is 2.32. The van der Waals surface area contributed by atoms with Gasteiger partial charge in [0.1, 0.15) is 18.4 Å². The van der Waals surface area contributed by atoms with Gasteiger partial charge < -0.3 is 10.1 Å². The highest BCUT2D eigenvalue weighted by atomic mass is 16.5. The summed E-state index contributed by atoms with van der Waals surface area (Å²) in [5.41, 5.74) is 2.53. The molecule has 0 aromatic heterocycles. The molecule has 1 unspecified atom stereocenters. The Hall–Kier alpha value is -1.53. The van der Waals surface area contributed by atoms with Crippen LogP contribution in [0.2, 0.25) is 0 Å². The van der Waals surface area contributed by atoms with E-state index in [1.54, 1.807) is 7.05 Å². The summed E-state index contributed by atoms with van der Waals surface area (Å²) >= 11 is 0. The second kappa shape index (κ2) is 6.58. The first-order chi connectivity index (χ1) is 8.92. The molecule has 1 aromatic rings. The van der Waals surface area contributed by atoms with Crippen LogP contribution < -0.4 is 10.1 Å². The summed E-state index contributed by atoms with van der Waals surface area (Å²) < 4.78 is 5.82. The second-order valence-electron chi connectivity index (χ2n) is 5.72. The SMILES string of the molecule is CCc1ccc(OCC(C#N)NC)c(C(C)(C)C)c1. The lowest BCUT2D eigenvalue weighted by molar-refractivity contribution is 0.287. The maximum atomic E-state index is 8.92. The van der Waals surface area contributed by atoms with Gasteiger partial charge in [0, 0.05) is 0 Å². The van der Waals surface area contributed by atoms with Crippen molar-refractivity contribution in [1.82, 2.24) is 5.32 Å². The number of aryl methyl sites for hydroxylation is 1. The van der Waals surface area contributed by atoms with E-state index in [0.717, 1.165) is 12.2 Å². The molecule has 0 saturated carbocycles. The van der Waals surface area contributed by atoms with Crippen molar-refractivity contribution in [1.29, 1.82) is 5.26 Å². The first-order valence-corrected chi connectivity index (χ1v) is 6.75. The number of benzene rings is 1. The molecule has 0 aliphatic heterocycles. The summed E-state index contributed by atoms with van der Waals surface area (Å²) in [4.78, 5) is 0. The Kier molecular flexibility index (Phi) is 5.38. The van der Waals surface area contributed by atoms with Gasteiger partial charge in [-0.05, 0) is 36.1 Å². The molecule has 1 aromatic carbocycles. The van der Waals surface area contributed by atoms with Crippen LogP contribution in [0.5, 0.6) is 5.75 Å². The molecule has 1 N–H and O–H groups in total. The monoisotopic (exact) mass is 260 g/mol. The highest BCUT2D eigenvalue weighted by Gasteiger charge is 2.20. The number of hydrogen-bond acceptors (Lipinski definition) is 3. The zero-order valence-corrected chi connectivity index (χ0v) is 12.6. The fourth-order valence-corrected chi connectivity index (χ4v) is 1.87. The normalized spacial score (nSPS) is 12.8. The number of rotatable bonds is 5. The van der Waals surface area contributed by atoms with Crippen LogP contribution >= 0.6 is 0 Å². The van der Waals surface area contributed by atoms with Crippen LogP contribution in [-0.4, -0.2) is 19.7 Å². The molecule has 0 fully saturated rings. The molecule has 0 radical (unpaired) electrons. The van der Waals surface area contributed by atoms with Crippen LogP contribution in [-0.2, 0) is 11.8 Å². The van der Waals surface area contributed by atoms with Crippen LogP contribution in [0, 0.1) is 11.3 Å². The van der Waals surface area contributed by atoms with E-state index in [-0.39, 0.29) is 11.5 Å². The molecule has 0 amide bonds. The second-order valence-corrected chi connectivity index (χ2v) is 5.72. The third-order valence-corrected chi connectivity index (χ3v) is 3.17. The quantitative estimate of drug-likeness (QED) is 0.885. The molecule has 0 aliphatic carbocycles. The molecule has 0 heterocycles. The van der Waals surface area contributed by atoms with Gasteiger partial charge in [-0.25, -0.2) is 0 Å². The molecule has 1 atom stereocenters. The Morgan fingerprint density at radius 1 is 1.37 bits per heavy atom. The van der Waals surface area contributed by atoms with Crippen molar-refractivity contribution >= 4 is 0 Å². The average molecular weight is 260 g/mol. The van der Waals surface area contributed by atoms with Crippen molar-refractivity contribution < 1.29 is 4.74 Å². The van der Waals surface area contributed by atoms with Gasteiger partial charge in [-0.15, -0.1) is 0 Å². The number of nitriles is 1. The summed E-state index contributed by atoms with van der Waals surface area (Å²) in [6.07, 6.45) is 1.01. The van der Waals surface area contributed by atoms with Crippen LogP contribution in [0.4, 0.5) is 0 Å². The molecule has 3 nitrogen and oxygen atoms in total. The van der Waals surface area contributed by atoms with Crippen LogP contribution in [0.15, 0.2) is 18.2 Å². The van der Waals surface area contributed by atoms with Gasteiger partial charge in [0.05, 0.1) is 6.07 Å². The topological polar surface area (TPSA) is 45.0 Å². The van der Waals surface area contributed by atoms with Gasteiger partial charge in [0.25, 0.3) is 0 Å². The smallest absolute Gasteiger partial charge is 0.129 e. The summed E-state index contributed by atoms with van der Waals surface area (Å²) in [5, 5.41) is 11.8. The van der Waals surface area contributed by atoms with Crippen molar-refractivity contribution in [2.75, 3.05) is 13.7 Å². The summed E-state index contributed by atoms with van der Waals surface area (Å²) in [6.45, 7) is 9.04. The molecule has 0 saturated heterocycles. The number of nitrogens with zero attached hydrogens (tertiary/aromatic N) is 1. The molecule has 0 aliphatic rings. The van der Waals surface area contributed by atoms with E-state index in [2.05, 4.69) is 51.2 Å². The maximum absolute atomic E-state index is 8.92. The Bertz CT molecular complexity index is 455. The minimum absolute atomic E-state index is 0.0301. The zero-order chi connectivity index (χ0) is 14.5. The van der Waals surface area contributed by atoms with Crippen LogP contribution in [0.3, 0.4) is 0 Å².